The Bertz CT molecular complexity index is 639. The molecule has 1 saturated heterocycles. The second-order valence-electron chi connectivity index (χ2n) is 9.81. The van der Waals surface area contributed by atoms with Gasteiger partial charge in [-0.1, -0.05) is 32.8 Å². The maximum Gasteiger partial charge on any atom is 0.306 e. The Morgan fingerprint density at radius 3 is 2.57 bits per heavy atom. The van der Waals surface area contributed by atoms with Gasteiger partial charge in [-0.3, -0.25) is 9.59 Å². The van der Waals surface area contributed by atoms with Crippen LogP contribution in [-0.2, 0) is 14.3 Å². The second kappa shape index (κ2) is 8.30. The lowest BCUT2D eigenvalue weighted by atomic mass is 9.65. The molecule has 8 atom stereocenters. The molecule has 4 rings (SSSR count). The van der Waals surface area contributed by atoms with Gasteiger partial charge in [0.05, 0.1) is 12.5 Å². The van der Waals surface area contributed by atoms with Crippen LogP contribution >= 0.6 is 0 Å². The monoisotopic (exact) mass is 388 g/mol. The Morgan fingerprint density at radius 2 is 1.79 bits per heavy atom. The molecule has 0 amide bonds. The molecule has 0 radical (unpaired) electrons. The quantitative estimate of drug-likeness (QED) is 0.674. The van der Waals surface area contributed by atoms with Crippen LogP contribution in [0.15, 0.2) is 11.6 Å². The average Bonchev–Trinajstić information content (AvgIpc) is 3.29. The fourth-order valence-corrected chi connectivity index (χ4v) is 6.67. The molecule has 0 aromatic carbocycles. The van der Waals surface area contributed by atoms with E-state index in [4.69, 9.17) is 4.74 Å². The summed E-state index contributed by atoms with van der Waals surface area (Å²) in [7, 11) is 0. The molecule has 0 aromatic heterocycles. The number of carbonyl (C=O) groups excluding carboxylic acids is 2. The first-order chi connectivity index (χ1) is 13.5. The molecule has 4 aliphatic rings. The van der Waals surface area contributed by atoms with E-state index in [1.165, 1.54) is 6.42 Å². The van der Waals surface area contributed by atoms with Gasteiger partial charge in [-0.15, -0.1) is 0 Å². The third kappa shape index (κ3) is 3.69. The van der Waals surface area contributed by atoms with E-state index in [9.17, 15) is 14.7 Å². The molecular formula is C24H36O4. The summed E-state index contributed by atoms with van der Waals surface area (Å²) in [6.07, 6.45) is 11.1. The molecule has 28 heavy (non-hydrogen) atoms. The minimum absolute atomic E-state index is 0.00118. The number of fused-ring (bicyclic) bond motifs is 5. The molecule has 3 aliphatic carbocycles. The zero-order valence-corrected chi connectivity index (χ0v) is 17.4. The maximum atomic E-state index is 13.3. The number of aliphatic hydroxyl groups excluding tert-OH is 1. The zero-order chi connectivity index (χ0) is 19.8. The van der Waals surface area contributed by atoms with Gasteiger partial charge in [-0.05, 0) is 74.2 Å². The van der Waals surface area contributed by atoms with Crippen LogP contribution in [0.25, 0.3) is 0 Å². The van der Waals surface area contributed by atoms with Gasteiger partial charge in [0, 0.05) is 11.8 Å². The van der Waals surface area contributed by atoms with E-state index in [2.05, 4.69) is 19.9 Å². The van der Waals surface area contributed by atoms with Gasteiger partial charge in [0.25, 0.3) is 0 Å². The molecule has 0 bridgehead atoms. The van der Waals surface area contributed by atoms with Crippen molar-refractivity contribution in [3.8, 4) is 0 Å². The van der Waals surface area contributed by atoms with Crippen molar-refractivity contribution in [2.45, 2.75) is 90.3 Å². The highest BCUT2D eigenvalue weighted by molar-refractivity contribution is 5.98. The SMILES string of the molecule is CC[C@H]1CCCC[C@@H](C)C(=O)C2=CC3[C@@H]4CCCC4[C@@H](O)C[C@H]3[C@@H]2CC(=O)O1. The predicted molar refractivity (Wildman–Crippen MR) is 107 cm³/mol. The van der Waals surface area contributed by atoms with Crippen LogP contribution in [0.3, 0.4) is 0 Å². The molecule has 1 heterocycles. The molecule has 3 fully saturated rings. The zero-order valence-electron chi connectivity index (χ0n) is 17.4. The fourth-order valence-electron chi connectivity index (χ4n) is 6.67. The van der Waals surface area contributed by atoms with E-state index < -0.39 is 0 Å². The number of hydrogen-bond acceptors (Lipinski definition) is 4. The molecule has 2 saturated carbocycles. The van der Waals surface area contributed by atoms with Crippen molar-refractivity contribution in [3.05, 3.63) is 11.6 Å². The fraction of sp³-hybridized carbons (Fsp3) is 0.833. The van der Waals surface area contributed by atoms with Crippen molar-refractivity contribution in [1.82, 2.24) is 0 Å². The third-order valence-corrected chi connectivity index (χ3v) is 8.20. The number of ketones is 1. The smallest absolute Gasteiger partial charge is 0.306 e. The van der Waals surface area contributed by atoms with Gasteiger partial charge in [-0.25, -0.2) is 0 Å². The first-order valence-corrected chi connectivity index (χ1v) is 11.6. The summed E-state index contributed by atoms with van der Waals surface area (Å²) >= 11 is 0. The highest BCUT2D eigenvalue weighted by atomic mass is 16.5. The van der Waals surface area contributed by atoms with E-state index >= 15 is 0 Å². The van der Waals surface area contributed by atoms with E-state index in [0.717, 1.165) is 56.9 Å². The largest absolute Gasteiger partial charge is 0.462 e. The Balaban J connectivity index is 1.63. The first kappa shape index (κ1) is 20.1. The predicted octanol–water partition coefficient (Wildman–Crippen LogP) is 4.45. The number of esters is 1. The average molecular weight is 389 g/mol. The van der Waals surface area contributed by atoms with Crippen molar-refractivity contribution in [3.63, 3.8) is 0 Å². The Hall–Kier alpha value is -1.16. The van der Waals surface area contributed by atoms with E-state index in [1.807, 2.05) is 0 Å². The Labute approximate surface area is 169 Å². The lowest BCUT2D eigenvalue weighted by Crippen LogP contribution is -2.41. The molecular weight excluding hydrogens is 352 g/mol. The summed E-state index contributed by atoms with van der Waals surface area (Å²) in [6.45, 7) is 4.13. The Morgan fingerprint density at radius 1 is 1.04 bits per heavy atom. The number of allylic oxidation sites excluding steroid dienone is 2. The molecule has 0 aromatic rings. The standard InChI is InChI=1S/C24H36O4/c1-3-15-8-5-4-7-14(2)24(27)21-11-18-16-9-6-10-17(16)22(25)12-19(18)20(21)13-23(26)28-15/h11,14-20,22,25H,3-10,12-13H2,1-2H3/t14-,15+,16-,17?,18?,19-,20+,22+/m1/s1. The van der Waals surface area contributed by atoms with Gasteiger partial charge < -0.3 is 9.84 Å². The number of Topliss-reactive ketones (excluding diaryl/α,β-unsaturated/α-hetero) is 1. The summed E-state index contributed by atoms with van der Waals surface area (Å²) in [6, 6.07) is 0. The molecule has 0 spiro atoms. The highest BCUT2D eigenvalue weighted by Crippen LogP contribution is 2.56. The molecule has 1 aliphatic heterocycles. The van der Waals surface area contributed by atoms with Crippen LogP contribution in [0, 0.1) is 35.5 Å². The topological polar surface area (TPSA) is 63.6 Å². The minimum atomic E-state index is -0.283. The summed E-state index contributed by atoms with van der Waals surface area (Å²) in [5.74, 6) is 1.46. The van der Waals surface area contributed by atoms with Crippen LogP contribution in [-0.4, -0.2) is 29.1 Å². The third-order valence-electron chi connectivity index (χ3n) is 8.20. The lowest BCUT2D eigenvalue weighted by molar-refractivity contribution is -0.151. The number of hydrogen-bond donors (Lipinski definition) is 1. The molecule has 156 valence electrons. The van der Waals surface area contributed by atoms with Crippen LogP contribution in [0.4, 0.5) is 0 Å². The van der Waals surface area contributed by atoms with Crippen LogP contribution in [0.2, 0.25) is 0 Å². The van der Waals surface area contributed by atoms with Gasteiger partial charge in [0.2, 0.25) is 0 Å². The Kier molecular flexibility index (Phi) is 5.96. The molecule has 1 N–H and O–H groups in total. The summed E-state index contributed by atoms with van der Waals surface area (Å²) in [5.41, 5.74) is 0.882. The van der Waals surface area contributed by atoms with E-state index in [0.29, 0.717) is 24.2 Å². The van der Waals surface area contributed by atoms with Crippen molar-refractivity contribution in [2.24, 2.45) is 35.5 Å². The van der Waals surface area contributed by atoms with Crippen molar-refractivity contribution >= 4 is 11.8 Å². The van der Waals surface area contributed by atoms with Gasteiger partial charge >= 0.3 is 5.97 Å². The minimum Gasteiger partial charge on any atom is -0.462 e. The van der Waals surface area contributed by atoms with Gasteiger partial charge in [0.1, 0.15) is 6.10 Å². The van der Waals surface area contributed by atoms with Gasteiger partial charge in [-0.2, -0.15) is 0 Å². The van der Waals surface area contributed by atoms with Crippen molar-refractivity contribution < 1.29 is 19.4 Å². The number of ether oxygens (including phenoxy) is 1. The molecule has 4 heteroatoms. The van der Waals surface area contributed by atoms with Crippen molar-refractivity contribution in [1.29, 1.82) is 0 Å². The number of carbonyl (C=O) groups is 2. The normalized spacial score (nSPS) is 44.5. The van der Waals surface area contributed by atoms with Crippen LogP contribution in [0.5, 0.6) is 0 Å². The number of rotatable bonds is 1. The van der Waals surface area contributed by atoms with E-state index in [1.54, 1.807) is 0 Å². The summed E-state index contributed by atoms with van der Waals surface area (Å²) < 4.78 is 5.80. The molecule has 2 unspecified atom stereocenters. The number of aliphatic hydroxyl groups is 1. The second-order valence-corrected chi connectivity index (χ2v) is 9.81. The first-order valence-electron chi connectivity index (χ1n) is 11.6. The van der Waals surface area contributed by atoms with Crippen LogP contribution in [0.1, 0.15) is 78.1 Å². The number of cyclic esters (lactones) is 1. The molecule has 4 nitrogen and oxygen atoms in total. The van der Waals surface area contributed by atoms with E-state index in [-0.39, 0.29) is 41.7 Å². The van der Waals surface area contributed by atoms with Crippen molar-refractivity contribution in [2.75, 3.05) is 0 Å². The van der Waals surface area contributed by atoms with Gasteiger partial charge in [0.15, 0.2) is 5.78 Å². The highest BCUT2D eigenvalue weighted by Gasteiger charge is 2.52. The van der Waals surface area contributed by atoms with Crippen LogP contribution < -0.4 is 0 Å². The summed E-state index contributed by atoms with van der Waals surface area (Å²) in [5, 5.41) is 10.8. The maximum absolute atomic E-state index is 13.3. The summed E-state index contributed by atoms with van der Waals surface area (Å²) in [4.78, 5) is 26.1. The lowest BCUT2D eigenvalue weighted by Gasteiger charge is -2.41.